The molecule has 0 atom stereocenters. The van der Waals surface area contributed by atoms with Crippen LogP contribution in [-0.4, -0.2) is 9.55 Å². The van der Waals surface area contributed by atoms with Gasteiger partial charge in [0.2, 0.25) is 0 Å². The van der Waals surface area contributed by atoms with Crippen LogP contribution in [-0.2, 0) is 6.61 Å². The second-order valence-corrected chi connectivity index (χ2v) is 4.01. The van der Waals surface area contributed by atoms with Gasteiger partial charge in [0.15, 0.2) is 5.82 Å². The van der Waals surface area contributed by atoms with Crippen LogP contribution in [0.4, 0.5) is 8.78 Å². The molecule has 98 valence electrons. The molecule has 0 amide bonds. The maximum absolute atomic E-state index is 12.6. The van der Waals surface area contributed by atoms with Crippen LogP contribution in [0.15, 0.2) is 30.6 Å². The molecule has 0 aliphatic rings. The highest BCUT2D eigenvalue weighted by Crippen LogP contribution is 2.24. The summed E-state index contributed by atoms with van der Waals surface area (Å²) in [5.41, 5.74) is 0.277. The van der Waals surface area contributed by atoms with E-state index in [0.717, 1.165) is 6.20 Å². The summed E-state index contributed by atoms with van der Waals surface area (Å²) in [6.45, 7) is -2.86. The Morgan fingerprint density at radius 1 is 1.47 bits per heavy atom. The van der Waals surface area contributed by atoms with Crippen molar-refractivity contribution < 1.29 is 13.5 Å². The number of halogens is 3. The summed E-state index contributed by atoms with van der Waals surface area (Å²) in [4.78, 5) is 3.77. The molecular weight excluding hydrogens is 276 g/mol. The quantitative estimate of drug-likeness (QED) is 0.864. The molecule has 1 heterocycles. The lowest BCUT2D eigenvalue weighted by molar-refractivity contribution is 0.0632. The minimum absolute atomic E-state index is 0.0684. The zero-order valence-electron chi connectivity index (χ0n) is 9.55. The largest absolute Gasteiger partial charge is 0.484 e. The summed E-state index contributed by atoms with van der Waals surface area (Å²) in [5.74, 6) is 0.303. The van der Waals surface area contributed by atoms with Crippen molar-refractivity contribution in [2.45, 2.75) is 13.2 Å². The van der Waals surface area contributed by atoms with Crippen molar-refractivity contribution in [2.75, 3.05) is 0 Å². The SMILES string of the molecule is N#Cc1ccc(Cl)cc1OCc1nccn1C(F)F. The number of benzene rings is 1. The number of alkyl halides is 2. The van der Waals surface area contributed by atoms with E-state index >= 15 is 0 Å². The first-order valence-electron chi connectivity index (χ1n) is 5.24. The number of hydrogen-bond donors (Lipinski definition) is 0. The molecule has 0 unspecified atom stereocenters. The fraction of sp³-hybridized carbons (Fsp3) is 0.167. The van der Waals surface area contributed by atoms with Gasteiger partial charge >= 0.3 is 6.55 Å². The Morgan fingerprint density at radius 2 is 2.26 bits per heavy atom. The Kier molecular flexibility index (Phi) is 3.97. The molecule has 0 spiro atoms. The molecule has 7 heteroatoms. The first-order valence-corrected chi connectivity index (χ1v) is 5.62. The second-order valence-electron chi connectivity index (χ2n) is 3.57. The van der Waals surface area contributed by atoms with Gasteiger partial charge in [-0.15, -0.1) is 0 Å². The van der Waals surface area contributed by atoms with Crippen LogP contribution in [0, 0.1) is 11.3 Å². The van der Waals surface area contributed by atoms with Crippen molar-refractivity contribution in [3.63, 3.8) is 0 Å². The number of rotatable bonds is 4. The van der Waals surface area contributed by atoms with Gasteiger partial charge in [-0.05, 0) is 12.1 Å². The Bertz CT molecular complexity index is 622. The standard InChI is InChI=1S/C12H8ClF2N3O/c13-9-2-1-8(6-16)10(5-9)19-7-11-17-3-4-18(11)12(14)15/h1-5,12H,7H2. The first-order chi connectivity index (χ1) is 9.11. The van der Waals surface area contributed by atoms with Crippen molar-refractivity contribution in [2.24, 2.45) is 0 Å². The van der Waals surface area contributed by atoms with Gasteiger partial charge in [0, 0.05) is 23.5 Å². The molecule has 0 saturated carbocycles. The lowest BCUT2D eigenvalue weighted by atomic mass is 10.2. The fourth-order valence-corrected chi connectivity index (χ4v) is 1.65. The van der Waals surface area contributed by atoms with E-state index < -0.39 is 6.55 Å². The molecule has 0 saturated heterocycles. The van der Waals surface area contributed by atoms with E-state index in [9.17, 15) is 8.78 Å². The van der Waals surface area contributed by atoms with Gasteiger partial charge < -0.3 is 4.74 Å². The number of imidazole rings is 1. The summed E-state index contributed by atoms with van der Waals surface area (Å²) in [7, 11) is 0. The third-order valence-electron chi connectivity index (χ3n) is 2.38. The zero-order chi connectivity index (χ0) is 13.8. The molecule has 0 fully saturated rings. The first kappa shape index (κ1) is 13.3. The van der Waals surface area contributed by atoms with Crippen LogP contribution in [0.2, 0.25) is 5.02 Å². The predicted molar refractivity (Wildman–Crippen MR) is 64.0 cm³/mol. The van der Waals surface area contributed by atoms with E-state index in [1.54, 1.807) is 6.07 Å². The number of ether oxygens (including phenoxy) is 1. The summed E-state index contributed by atoms with van der Waals surface area (Å²) in [5, 5.41) is 9.29. The van der Waals surface area contributed by atoms with Crippen molar-refractivity contribution in [3.8, 4) is 11.8 Å². The molecule has 0 radical (unpaired) electrons. The van der Waals surface area contributed by atoms with E-state index in [4.69, 9.17) is 21.6 Å². The molecule has 2 rings (SSSR count). The van der Waals surface area contributed by atoms with Crippen LogP contribution in [0.5, 0.6) is 5.75 Å². The topological polar surface area (TPSA) is 50.8 Å². The van der Waals surface area contributed by atoms with E-state index in [-0.39, 0.29) is 23.7 Å². The van der Waals surface area contributed by atoms with E-state index in [0.29, 0.717) is 9.59 Å². The molecule has 0 bridgehead atoms. The van der Waals surface area contributed by atoms with Crippen LogP contribution >= 0.6 is 11.6 Å². The molecule has 1 aromatic carbocycles. The highest BCUT2D eigenvalue weighted by molar-refractivity contribution is 6.30. The number of nitrogens with zero attached hydrogens (tertiary/aromatic N) is 3. The normalized spacial score (nSPS) is 10.5. The Morgan fingerprint density at radius 3 is 2.95 bits per heavy atom. The van der Waals surface area contributed by atoms with Crippen molar-refractivity contribution in [3.05, 3.63) is 47.0 Å². The Hall–Kier alpha value is -2.13. The summed E-state index contributed by atoms with van der Waals surface area (Å²) < 4.78 is 31.2. The number of aromatic nitrogens is 2. The smallest absolute Gasteiger partial charge is 0.320 e. The Balaban J connectivity index is 2.17. The summed E-state index contributed by atoms with van der Waals surface area (Å²) >= 11 is 5.79. The highest BCUT2D eigenvalue weighted by atomic mass is 35.5. The maximum atomic E-state index is 12.6. The molecule has 1 aromatic heterocycles. The molecular formula is C12H8ClF2N3O. The highest BCUT2D eigenvalue weighted by Gasteiger charge is 2.12. The van der Waals surface area contributed by atoms with Gasteiger partial charge in [-0.25, -0.2) is 4.98 Å². The molecule has 4 nitrogen and oxygen atoms in total. The summed E-state index contributed by atoms with van der Waals surface area (Å²) in [6.07, 6.45) is 2.42. The molecule has 0 aliphatic carbocycles. The zero-order valence-corrected chi connectivity index (χ0v) is 10.3. The third-order valence-corrected chi connectivity index (χ3v) is 2.62. The minimum atomic E-state index is -2.68. The monoisotopic (exact) mass is 283 g/mol. The Labute approximate surface area is 112 Å². The second kappa shape index (κ2) is 5.67. The molecule has 0 aliphatic heterocycles. The number of nitriles is 1. The van der Waals surface area contributed by atoms with Gasteiger partial charge in [0.05, 0.1) is 5.56 Å². The van der Waals surface area contributed by atoms with Crippen molar-refractivity contribution in [1.82, 2.24) is 9.55 Å². The average molecular weight is 284 g/mol. The molecule has 2 aromatic rings. The van der Waals surface area contributed by atoms with Gasteiger partial charge in [-0.3, -0.25) is 4.57 Å². The predicted octanol–water partition coefficient (Wildman–Crippen LogP) is 3.38. The van der Waals surface area contributed by atoms with Crippen LogP contribution in [0.1, 0.15) is 17.9 Å². The van der Waals surface area contributed by atoms with Crippen molar-refractivity contribution >= 4 is 11.6 Å². The average Bonchev–Trinajstić information content (AvgIpc) is 2.85. The van der Waals surface area contributed by atoms with Crippen LogP contribution in [0.25, 0.3) is 0 Å². The summed E-state index contributed by atoms with van der Waals surface area (Å²) in [6, 6.07) is 6.43. The number of hydrogen-bond acceptors (Lipinski definition) is 3. The maximum Gasteiger partial charge on any atom is 0.320 e. The minimum Gasteiger partial charge on any atom is -0.484 e. The van der Waals surface area contributed by atoms with Crippen LogP contribution < -0.4 is 4.74 Å². The lowest BCUT2D eigenvalue weighted by Crippen LogP contribution is -2.07. The van der Waals surface area contributed by atoms with Gasteiger partial charge in [0.1, 0.15) is 18.4 Å². The van der Waals surface area contributed by atoms with Gasteiger partial charge in [-0.2, -0.15) is 14.0 Å². The molecule has 0 N–H and O–H groups in total. The lowest BCUT2D eigenvalue weighted by Gasteiger charge is -2.09. The van der Waals surface area contributed by atoms with Gasteiger partial charge in [0.25, 0.3) is 0 Å². The van der Waals surface area contributed by atoms with E-state index in [1.165, 1.54) is 18.3 Å². The fourth-order valence-electron chi connectivity index (χ4n) is 1.48. The molecule has 19 heavy (non-hydrogen) atoms. The van der Waals surface area contributed by atoms with Gasteiger partial charge in [-0.1, -0.05) is 11.6 Å². The third kappa shape index (κ3) is 3.01. The van der Waals surface area contributed by atoms with Crippen molar-refractivity contribution in [1.29, 1.82) is 5.26 Å². The van der Waals surface area contributed by atoms with E-state index in [1.807, 2.05) is 6.07 Å². The van der Waals surface area contributed by atoms with Crippen LogP contribution in [0.3, 0.4) is 0 Å². The van der Waals surface area contributed by atoms with E-state index in [2.05, 4.69) is 4.98 Å².